The maximum Gasteiger partial charge on any atom is 0.142 e. The van der Waals surface area contributed by atoms with Crippen molar-refractivity contribution in [3.63, 3.8) is 0 Å². The third-order valence-electron chi connectivity index (χ3n) is 2.59. The Balaban J connectivity index is 2.72. The molecule has 0 radical (unpaired) electrons. The van der Waals surface area contributed by atoms with Crippen LogP contribution in [0, 0.1) is 0 Å². The molecule has 0 saturated carbocycles. The first kappa shape index (κ1) is 10.1. The van der Waals surface area contributed by atoms with Crippen LogP contribution in [0.2, 0.25) is 0 Å². The molecule has 3 heteroatoms. The quantitative estimate of drug-likeness (QED) is 0.789. The summed E-state index contributed by atoms with van der Waals surface area (Å²) >= 11 is 0. The molecule has 0 fully saturated rings. The summed E-state index contributed by atoms with van der Waals surface area (Å²) in [6, 6.07) is 5.97. The summed E-state index contributed by atoms with van der Waals surface area (Å²) in [5, 5.41) is 1.13. The third-order valence-corrected chi connectivity index (χ3v) is 2.59. The number of methoxy groups -OCH3 is 1. The smallest absolute Gasteiger partial charge is 0.142 e. The minimum atomic E-state index is -0.343. The van der Waals surface area contributed by atoms with Crippen molar-refractivity contribution in [2.75, 3.05) is 7.11 Å². The van der Waals surface area contributed by atoms with Crippen molar-refractivity contribution in [1.29, 1.82) is 0 Å². The lowest BCUT2D eigenvalue weighted by molar-refractivity contribution is 0.419. The van der Waals surface area contributed by atoms with Crippen LogP contribution in [0.5, 0.6) is 5.75 Å². The van der Waals surface area contributed by atoms with Gasteiger partial charge in [-0.3, -0.25) is 0 Å². The number of hydrogen-bond acceptors (Lipinski definition) is 2. The monoisotopic (exact) mass is 204 g/mol. The molecule has 3 nitrogen and oxygen atoms in total. The molecule has 1 aromatic carbocycles. The van der Waals surface area contributed by atoms with E-state index in [-0.39, 0.29) is 5.54 Å². The molecule has 2 aromatic rings. The summed E-state index contributed by atoms with van der Waals surface area (Å²) in [5.41, 5.74) is 7.87. The lowest BCUT2D eigenvalue weighted by Crippen LogP contribution is -2.28. The van der Waals surface area contributed by atoms with E-state index >= 15 is 0 Å². The predicted molar refractivity (Wildman–Crippen MR) is 62.1 cm³/mol. The molecular weight excluding hydrogens is 188 g/mol. The zero-order valence-electron chi connectivity index (χ0n) is 9.29. The minimum Gasteiger partial charge on any atom is -0.495 e. The van der Waals surface area contributed by atoms with Crippen molar-refractivity contribution < 1.29 is 4.74 Å². The Morgan fingerprint density at radius 2 is 2.07 bits per heavy atom. The molecule has 15 heavy (non-hydrogen) atoms. The van der Waals surface area contributed by atoms with Crippen LogP contribution in [0.25, 0.3) is 10.9 Å². The lowest BCUT2D eigenvalue weighted by atomic mass is 9.95. The topological polar surface area (TPSA) is 51.0 Å². The molecule has 0 aliphatic rings. The van der Waals surface area contributed by atoms with E-state index in [1.807, 2.05) is 32.2 Å². The van der Waals surface area contributed by atoms with E-state index in [1.165, 1.54) is 0 Å². The first-order valence-corrected chi connectivity index (χ1v) is 4.97. The van der Waals surface area contributed by atoms with Crippen LogP contribution >= 0.6 is 0 Å². The molecule has 0 saturated heterocycles. The summed E-state index contributed by atoms with van der Waals surface area (Å²) in [7, 11) is 1.67. The van der Waals surface area contributed by atoms with Gasteiger partial charge in [0.15, 0.2) is 0 Å². The van der Waals surface area contributed by atoms with Crippen molar-refractivity contribution in [2.24, 2.45) is 5.73 Å². The van der Waals surface area contributed by atoms with Crippen LogP contribution in [0.4, 0.5) is 0 Å². The van der Waals surface area contributed by atoms with Crippen molar-refractivity contribution >= 4 is 10.9 Å². The average Bonchev–Trinajstić information content (AvgIpc) is 2.59. The van der Waals surface area contributed by atoms with E-state index < -0.39 is 0 Å². The number of aromatic amines is 1. The van der Waals surface area contributed by atoms with Crippen LogP contribution in [0.1, 0.15) is 19.4 Å². The van der Waals surface area contributed by atoms with Crippen LogP contribution in [0.3, 0.4) is 0 Å². The summed E-state index contributed by atoms with van der Waals surface area (Å²) < 4.78 is 5.28. The van der Waals surface area contributed by atoms with E-state index in [2.05, 4.69) is 11.1 Å². The predicted octanol–water partition coefficient (Wildman–Crippen LogP) is 2.37. The number of H-pyrrole nitrogens is 1. The molecule has 1 aromatic heterocycles. The van der Waals surface area contributed by atoms with Crippen LogP contribution < -0.4 is 10.5 Å². The molecular formula is C12H16N2O. The van der Waals surface area contributed by atoms with Crippen LogP contribution in [0.15, 0.2) is 24.4 Å². The van der Waals surface area contributed by atoms with Gasteiger partial charge in [-0.25, -0.2) is 0 Å². The molecule has 80 valence electrons. The number of para-hydroxylation sites is 1. The second kappa shape index (κ2) is 3.28. The van der Waals surface area contributed by atoms with Crippen molar-refractivity contribution in [1.82, 2.24) is 4.98 Å². The van der Waals surface area contributed by atoms with Crippen LogP contribution in [-0.4, -0.2) is 12.1 Å². The third kappa shape index (κ3) is 1.59. The van der Waals surface area contributed by atoms with Crippen molar-refractivity contribution in [3.05, 3.63) is 30.0 Å². The number of nitrogens with one attached hydrogen (secondary N) is 1. The maximum absolute atomic E-state index is 6.10. The minimum absolute atomic E-state index is 0.343. The Bertz CT molecular complexity index is 480. The molecule has 0 aliphatic heterocycles. The zero-order chi connectivity index (χ0) is 11.1. The first-order chi connectivity index (χ1) is 7.04. The number of fused-ring (bicyclic) bond motifs is 1. The van der Waals surface area contributed by atoms with Gasteiger partial charge in [0.2, 0.25) is 0 Å². The fraction of sp³-hybridized carbons (Fsp3) is 0.333. The highest BCUT2D eigenvalue weighted by Crippen LogP contribution is 2.31. The standard InChI is InChI=1S/C12H16N2O/c1-12(2,13)9-7-14-11-8(9)5-4-6-10(11)15-3/h4-7,14H,13H2,1-3H3. The molecule has 0 amide bonds. The normalized spacial score (nSPS) is 12.0. The highest BCUT2D eigenvalue weighted by atomic mass is 16.5. The summed E-state index contributed by atoms with van der Waals surface area (Å²) in [4.78, 5) is 3.21. The number of aromatic nitrogens is 1. The molecule has 0 spiro atoms. The Morgan fingerprint density at radius 3 is 2.67 bits per heavy atom. The molecule has 3 N–H and O–H groups in total. The van der Waals surface area contributed by atoms with Gasteiger partial charge >= 0.3 is 0 Å². The van der Waals surface area contributed by atoms with Gasteiger partial charge in [-0.1, -0.05) is 12.1 Å². The Kier molecular flexibility index (Phi) is 2.20. The Hall–Kier alpha value is -1.48. The lowest BCUT2D eigenvalue weighted by Gasteiger charge is -2.17. The van der Waals surface area contributed by atoms with Gasteiger partial charge in [-0.05, 0) is 25.5 Å². The summed E-state index contributed by atoms with van der Waals surface area (Å²) in [6.07, 6.45) is 1.95. The van der Waals surface area contributed by atoms with Gasteiger partial charge in [-0.2, -0.15) is 0 Å². The fourth-order valence-corrected chi connectivity index (χ4v) is 1.83. The van der Waals surface area contributed by atoms with Gasteiger partial charge in [-0.15, -0.1) is 0 Å². The fourth-order valence-electron chi connectivity index (χ4n) is 1.83. The number of nitrogens with two attached hydrogens (primary N) is 1. The van der Waals surface area contributed by atoms with Gasteiger partial charge in [0.1, 0.15) is 5.75 Å². The maximum atomic E-state index is 6.10. The summed E-state index contributed by atoms with van der Waals surface area (Å²) in [5.74, 6) is 0.850. The Morgan fingerprint density at radius 1 is 1.33 bits per heavy atom. The van der Waals surface area contributed by atoms with E-state index in [0.717, 1.165) is 22.2 Å². The van der Waals surface area contributed by atoms with E-state index in [9.17, 15) is 0 Å². The van der Waals surface area contributed by atoms with Crippen LogP contribution in [-0.2, 0) is 5.54 Å². The Labute approximate surface area is 89.2 Å². The average molecular weight is 204 g/mol. The highest BCUT2D eigenvalue weighted by Gasteiger charge is 2.19. The second-order valence-electron chi connectivity index (χ2n) is 4.31. The van der Waals surface area contributed by atoms with Gasteiger partial charge in [0.05, 0.1) is 12.6 Å². The zero-order valence-corrected chi connectivity index (χ0v) is 9.29. The van der Waals surface area contributed by atoms with E-state index in [0.29, 0.717) is 0 Å². The molecule has 0 bridgehead atoms. The van der Waals surface area contributed by atoms with E-state index in [1.54, 1.807) is 7.11 Å². The molecule has 1 heterocycles. The second-order valence-corrected chi connectivity index (χ2v) is 4.31. The van der Waals surface area contributed by atoms with Crippen molar-refractivity contribution in [3.8, 4) is 5.75 Å². The van der Waals surface area contributed by atoms with Gasteiger partial charge in [0.25, 0.3) is 0 Å². The number of rotatable bonds is 2. The molecule has 0 unspecified atom stereocenters. The highest BCUT2D eigenvalue weighted by molar-refractivity contribution is 5.89. The molecule has 0 atom stereocenters. The largest absolute Gasteiger partial charge is 0.495 e. The van der Waals surface area contributed by atoms with Gasteiger partial charge < -0.3 is 15.5 Å². The van der Waals surface area contributed by atoms with E-state index in [4.69, 9.17) is 10.5 Å². The number of benzene rings is 1. The van der Waals surface area contributed by atoms with Crippen molar-refractivity contribution in [2.45, 2.75) is 19.4 Å². The SMILES string of the molecule is COc1cccc2c(C(C)(C)N)c[nH]c12. The molecule has 2 rings (SSSR count). The summed E-state index contributed by atoms with van der Waals surface area (Å²) in [6.45, 7) is 3.99. The number of hydrogen-bond donors (Lipinski definition) is 2. The van der Waals surface area contributed by atoms with Gasteiger partial charge in [0, 0.05) is 17.1 Å². The first-order valence-electron chi connectivity index (χ1n) is 4.97. The number of ether oxygens (including phenoxy) is 1. The molecule has 0 aliphatic carbocycles.